The number of allylic oxidation sites excluding steroid dienone is 1. The van der Waals surface area contributed by atoms with Crippen LogP contribution in [-0.2, 0) is 0 Å². The number of thioether (sulfide) groups is 1. The van der Waals surface area contributed by atoms with Gasteiger partial charge in [0.2, 0.25) is 5.82 Å². The molecule has 3 heterocycles. The standard InChI is InChI=1S/C23H26N4O2S2/c1-14(2)11-12-27-15(3)19(22-25-21(26-29-22)18-6-5-13-31-18)20(24-23(27)28)16-7-9-17(30-4)10-8-16/h5-10,13-14,20H,11-12H2,1-4H3,(H,24,28). The van der Waals surface area contributed by atoms with Crippen LogP contribution in [0.25, 0.3) is 16.3 Å². The molecular weight excluding hydrogens is 428 g/mol. The average molecular weight is 455 g/mol. The van der Waals surface area contributed by atoms with Gasteiger partial charge in [-0.05, 0) is 54.7 Å². The van der Waals surface area contributed by atoms with Crippen molar-refractivity contribution in [1.29, 1.82) is 0 Å². The van der Waals surface area contributed by atoms with Crippen LogP contribution in [0.3, 0.4) is 0 Å². The zero-order chi connectivity index (χ0) is 22.0. The first kappa shape index (κ1) is 21.6. The van der Waals surface area contributed by atoms with Gasteiger partial charge in [-0.3, -0.25) is 4.90 Å². The van der Waals surface area contributed by atoms with Crippen molar-refractivity contribution in [2.24, 2.45) is 5.92 Å². The van der Waals surface area contributed by atoms with E-state index in [2.05, 4.69) is 41.4 Å². The van der Waals surface area contributed by atoms with E-state index < -0.39 is 0 Å². The van der Waals surface area contributed by atoms with Crippen LogP contribution < -0.4 is 5.32 Å². The summed E-state index contributed by atoms with van der Waals surface area (Å²) in [6.45, 7) is 6.92. The number of carbonyl (C=O) groups excluding carboxylic acids is 1. The molecule has 0 saturated heterocycles. The lowest BCUT2D eigenvalue weighted by molar-refractivity contribution is 0.202. The number of nitrogens with one attached hydrogen (secondary N) is 1. The Bertz CT molecular complexity index is 1070. The summed E-state index contributed by atoms with van der Waals surface area (Å²) in [5.74, 6) is 1.50. The summed E-state index contributed by atoms with van der Waals surface area (Å²) in [7, 11) is 0. The molecule has 1 unspecified atom stereocenters. The molecule has 2 amide bonds. The van der Waals surface area contributed by atoms with Crippen molar-refractivity contribution in [3.8, 4) is 10.7 Å². The largest absolute Gasteiger partial charge is 0.334 e. The van der Waals surface area contributed by atoms with Crippen molar-refractivity contribution >= 4 is 34.7 Å². The van der Waals surface area contributed by atoms with E-state index in [0.29, 0.717) is 24.2 Å². The summed E-state index contributed by atoms with van der Waals surface area (Å²) in [5, 5.41) is 9.35. The van der Waals surface area contributed by atoms with Gasteiger partial charge < -0.3 is 9.84 Å². The van der Waals surface area contributed by atoms with Crippen LogP contribution in [-0.4, -0.2) is 33.9 Å². The summed E-state index contributed by atoms with van der Waals surface area (Å²) in [5.41, 5.74) is 2.68. The highest BCUT2D eigenvalue weighted by molar-refractivity contribution is 7.98. The van der Waals surface area contributed by atoms with Crippen molar-refractivity contribution in [1.82, 2.24) is 20.4 Å². The van der Waals surface area contributed by atoms with Gasteiger partial charge >= 0.3 is 6.03 Å². The topological polar surface area (TPSA) is 71.3 Å². The van der Waals surface area contributed by atoms with E-state index in [-0.39, 0.29) is 12.1 Å². The minimum absolute atomic E-state index is 0.0983. The van der Waals surface area contributed by atoms with Crippen LogP contribution in [0.15, 0.2) is 56.9 Å². The van der Waals surface area contributed by atoms with Crippen LogP contribution in [0.5, 0.6) is 0 Å². The lowest BCUT2D eigenvalue weighted by Crippen LogP contribution is -2.46. The van der Waals surface area contributed by atoms with E-state index in [4.69, 9.17) is 4.52 Å². The molecule has 1 aliphatic heterocycles. The van der Waals surface area contributed by atoms with E-state index in [0.717, 1.165) is 28.1 Å². The van der Waals surface area contributed by atoms with E-state index in [1.165, 1.54) is 4.90 Å². The number of urea groups is 1. The van der Waals surface area contributed by atoms with Crippen molar-refractivity contribution in [2.45, 2.75) is 38.1 Å². The third kappa shape index (κ3) is 4.55. The summed E-state index contributed by atoms with van der Waals surface area (Å²) < 4.78 is 5.71. The first-order valence-corrected chi connectivity index (χ1v) is 12.4. The molecule has 3 aromatic rings. The van der Waals surface area contributed by atoms with Crippen LogP contribution in [0, 0.1) is 5.92 Å². The highest BCUT2D eigenvalue weighted by Crippen LogP contribution is 2.38. The molecule has 0 fully saturated rings. The lowest BCUT2D eigenvalue weighted by Gasteiger charge is -2.35. The van der Waals surface area contributed by atoms with Crippen LogP contribution in [0.2, 0.25) is 0 Å². The predicted octanol–water partition coefficient (Wildman–Crippen LogP) is 6.06. The molecule has 2 aromatic heterocycles. The van der Waals surface area contributed by atoms with E-state index in [1.54, 1.807) is 28.0 Å². The van der Waals surface area contributed by atoms with Gasteiger partial charge in [0, 0.05) is 17.1 Å². The predicted molar refractivity (Wildman–Crippen MR) is 126 cm³/mol. The summed E-state index contributed by atoms with van der Waals surface area (Å²) in [6.07, 6.45) is 2.96. The van der Waals surface area contributed by atoms with Crippen LogP contribution in [0.1, 0.15) is 44.7 Å². The Hall–Kier alpha value is -2.58. The molecule has 1 aromatic carbocycles. The van der Waals surface area contributed by atoms with E-state index in [9.17, 15) is 4.79 Å². The molecule has 1 N–H and O–H groups in total. The minimum Gasteiger partial charge on any atom is -0.334 e. The van der Waals surface area contributed by atoms with Crippen molar-refractivity contribution in [3.63, 3.8) is 0 Å². The molecule has 8 heteroatoms. The van der Waals surface area contributed by atoms with Gasteiger partial charge in [-0.15, -0.1) is 23.1 Å². The van der Waals surface area contributed by atoms with Gasteiger partial charge in [0.05, 0.1) is 16.5 Å². The monoisotopic (exact) mass is 454 g/mol. The molecule has 0 radical (unpaired) electrons. The van der Waals surface area contributed by atoms with Gasteiger partial charge in [0.25, 0.3) is 5.89 Å². The van der Waals surface area contributed by atoms with Crippen LogP contribution in [0.4, 0.5) is 4.79 Å². The Kier molecular flexibility index (Phi) is 6.48. The fourth-order valence-electron chi connectivity index (χ4n) is 3.60. The molecule has 0 bridgehead atoms. The highest BCUT2D eigenvalue weighted by Gasteiger charge is 2.35. The summed E-state index contributed by atoms with van der Waals surface area (Å²) >= 11 is 3.25. The summed E-state index contributed by atoms with van der Waals surface area (Å²) in [6, 6.07) is 11.7. The molecule has 1 atom stereocenters. The van der Waals surface area contributed by atoms with E-state index in [1.807, 2.05) is 42.8 Å². The number of aromatic nitrogens is 2. The minimum atomic E-state index is -0.352. The molecule has 0 saturated carbocycles. The van der Waals surface area contributed by atoms with Crippen molar-refractivity contribution in [2.75, 3.05) is 12.8 Å². The number of hydrogen-bond acceptors (Lipinski definition) is 6. The molecule has 31 heavy (non-hydrogen) atoms. The van der Waals surface area contributed by atoms with Gasteiger partial charge in [-0.25, -0.2) is 4.79 Å². The van der Waals surface area contributed by atoms with Crippen LogP contribution >= 0.6 is 23.1 Å². The number of hydrogen-bond donors (Lipinski definition) is 1. The fraction of sp³-hybridized carbons (Fsp3) is 0.348. The molecule has 6 nitrogen and oxygen atoms in total. The average Bonchev–Trinajstić information content (AvgIpc) is 3.45. The molecule has 0 aliphatic carbocycles. The maximum atomic E-state index is 13.0. The normalized spacial score (nSPS) is 16.9. The number of benzene rings is 1. The Morgan fingerprint density at radius 1 is 1.26 bits per heavy atom. The third-order valence-corrected chi connectivity index (χ3v) is 6.98. The Labute approximate surface area is 190 Å². The number of rotatable bonds is 7. The first-order valence-electron chi connectivity index (χ1n) is 10.3. The number of nitrogens with zero attached hydrogens (tertiary/aromatic N) is 3. The quantitative estimate of drug-likeness (QED) is 0.439. The number of thiophene rings is 1. The number of carbonyl (C=O) groups is 1. The molecule has 0 spiro atoms. The number of amides is 2. The second kappa shape index (κ2) is 9.28. The van der Waals surface area contributed by atoms with Gasteiger partial charge in [-0.1, -0.05) is 37.2 Å². The Balaban J connectivity index is 1.77. The fourth-order valence-corrected chi connectivity index (χ4v) is 4.66. The molecule has 162 valence electrons. The SMILES string of the molecule is CSc1ccc(C2NC(=O)N(CCC(C)C)C(C)=C2c2nc(-c3cccs3)no2)cc1. The van der Waals surface area contributed by atoms with Gasteiger partial charge in [0.1, 0.15) is 0 Å². The zero-order valence-corrected chi connectivity index (χ0v) is 19.7. The van der Waals surface area contributed by atoms with Crippen molar-refractivity contribution in [3.05, 3.63) is 58.9 Å². The third-order valence-electron chi connectivity index (χ3n) is 5.37. The lowest BCUT2D eigenvalue weighted by atomic mass is 9.94. The zero-order valence-electron chi connectivity index (χ0n) is 18.1. The molecule has 1 aliphatic rings. The Morgan fingerprint density at radius 2 is 2.03 bits per heavy atom. The second-order valence-corrected chi connectivity index (χ2v) is 9.72. The second-order valence-electron chi connectivity index (χ2n) is 7.89. The summed E-state index contributed by atoms with van der Waals surface area (Å²) in [4.78, 5) is 21.6. The van der Waals surface area contributed by atoms with Gasteiger partial charge in [0.15, 0.2) is 0 Å². The molecular formula is C23H26N4O2S2. The van der Waals surface area contributed by atoms with Gasteiger partial charge in [-0.2, -0.15) is 4.98 Å². The van der Waals surface area contributed by atoms with Crippen molar-refractivity contribution < 1.29 is 9.32 Å². The maximum absolute atomic E-state index is 13.0. The van der Waals surface area contributed by atoms with E-state index >= 15 is 0 Å². The Morgan fingerprint density at radius 3 is 2.68 bits per heavy atom. The highest BCUT2D eigenvalue weighted by atomic mass is 32.2. The molecule has 4 rings (SSSR count). The first-order chi connectivity index (χ1) is 15.0. The maximum Gasteiger partial charge on any atom is 0.322 e. The smallest absolute Gasteiger partial charge is 0.322 e.